The first kappa shape index (κ1) is 19.9. The van der Waals surface area contributed by atoms with E-state index in [1.807, 2.05) is 17.0 Å². The van der Waals surface area contributed by atoms with Crippen molar-refractivity contribution in [1.82, 2.24) is 10.3 Å². The van der Waals surface area contributed by atoms with Crippen LogP contribution in [0.2, 0.25) is 0 Å². The summed E-state index contributed by atoms with van der Waals surface area (Å²) in [4.78, 5) is 14.0. The Morgan fingerprint density at radius 2 is 2.20 bits per heavy atom. The van der Waals surface area contributed by atoms with Crippen molar-refractivity contribution in [2.45, 2.75) is 13.3 Å². The summed E-state index contributed by atoms with van der Waals surface area (Å²) in [5.74, 6) is 1.25. The Labute approximate surface area is 161 Å². The minimum absolute atomic E-state index is 0.136. The zero-order chi connectivity index (χ0) is 18.1. The van der Waals surface area contributed by atoms with Gasteiger partial charge in [0.25, 0.3) is 5.91 Å². The van der Waals surface area contributed by atoms with Crippen molar-refractivity contribution >= 4 is 34.7 Å². The van der Waals surface area contributed by atoms with Crippen molar-refractivity contribution < 1.29 is 19.0 Å². The zero-order valence-corrected chi connectivity index (χ0v) is 16.7. The van der Waals surface area contributed by atoms with Crippen LogP contribution in [0.5, 0.6) is 11.5 Å². The Morgan fingerprint density at radius 1 is 1.44 bits per heavy atom. The molecule has 0 spiro atoms. The smallest absolute Gasteiger partial charge is 0.254 e. The molecule has 0 bridgehead atoms. The van der Waals surface area contributed by atoms with Gasteiger partial charge in [0.05, 0.1) is 43.3 Å². The quantitative estimate of drug-likeness (QED) is 0.364. The van der Waals surface area contributed by atoms with E-state index >= 15 is 0 Å². The molecule has 25 heavy (non-hydrogen) atoms. The summed E-state index contributed by atoms with van der Waals surface area (Å²) in [5, 5.41) is 4.03. The predicted octanol–water partition coefficient (Wildman–Crippen LogP) is 1.87. The van der Waals surface area contributed by atoms with Gasteiger partial charge in [-0.1, -0.05) is 6.92 Å². The molecule has 1 fully saturated rings. The topological polar surface area (TPSA) is 72.4 Å². The van der Waals surface area contributed by atoms with E-state index in [2.05, 4.69) is 40.0 Å². The van der Waals surface area contributed by atoms with Crippen molar-refractivity contribution in [2.24, 2.45) is 5.10 Å². The molecule has 0 aliphatic carbocycles. The van der Waals surface area contributed by atoms with Gasteiger partial charge in [-0.3, -0.25) is 9.69 Å². The van der Waals surface area contributed by atoms with Crippen LogP contribution < -0.4 is 14.9 Å². The Kier molecular flexibility index (Phi) is 8.42. The molecule has 2 rings (SSSR count). The Morgan fingerprint density at radius 3 is 2.88 bits per heavy atom. The molecule has 8 heteroatoms. The average Bonchev–Trinajstić information content (AvgIpc) is 2.61. The number of ether oxygens (including phenoxy) is 3. The highest BCUT2D eigenvalue weighted by Gasteiger charge is 2.14. The van der Waals surface area contributed by atoms with E-state index in [4.69, 9.17) is 14.2 Å². The SMILES string of the molecule is CCCOc1c(I)cc(C=NNC(=O)CN2CCOCC2)cc1OC. The number of morpholine rings is 1. The molecular weight excluding hydrogens is 437 g/mol. The number of methoxy groups -OCH3 is 1. The van der Waals surface area contributed by atoms with E-state index < -0.39 is 0 Å². The van der Waals surface area contributed by atoms with Gasteiger partial charge in [0.1, 0.15) is 0 Å². The molecule has 0 unspecified atom stereocenters. The number of carbonyl (C=O) groups excluding carboxylic acids is 1. The van der Waals surface area contributed by atoms with Crippen LogP contribution in [0.25, 0.3) is 0 Å². The van der Waals surface area contributed by atoms with Crippen LogP contribution in [-0.2, 0) is 9.53 Å². The maximum atomic E-state index is 11.9. The van der Waals surface area contributed by atoms with Gasteiger partial charge >= 0.3 is 0 Å². The van der Waals surface area contributed by atoms with Gasteiger partial charge in [0, 0.05) is 13.1 Å². The van der Waals surface area contributed by atoms with Crippen molar-refractivity contribution in [1.29, 1.82) is 0 Å². The van der Waals surface area contributed by atoms with Crippen LogP contribution >= 0.6 is 22.6 Å². The average molecular weight is 461 g/mol. The number of hydrogen-bond donors (Lipinski definition) is 1. The zero-order valence-electron chi connectivity index (χ0n) is 14.6. The van der Waals surface area contributed by atoms with E-state index in [0.717, 1.165) is 34.4 Å². The van der Waals surface area contributed by atoms with Crippen molar-refractivity contribution in [3.8, 4) is 11.5 Å². The summed E-state index contributed by atoms with van der Waals surface area (Å²) in [7, 11) is 1.61. The second kappa shape index (κ2) is 10.6. The molecule has 1 aromatic carbocycles. The molecule has 1 heterocycles. The first-order valence-corrected chi connectivity index (χ1v) is 9.34. The van der Waals surface area contributed by atoms with Crippen LogP contribution in [0.15, 0.2) is 17.2 Å². The second-order valence-corrected chi connectivity index (χ2v) is 6.73. The lowest BCUT2D eigenvalue weighted by Crippen LogP contribution is -2.42. The molecule has 138 valence electrons. The van der Waals surface area contributed by atoms with Crippen LogP contribution in [0.3, 0.4) is 0 Å². The monoisotopic (exact) mass is 461 g/mol. The van der Waals surface area contributed by atoms with E-state index in [1.54, 1.807) is 13.3 Å². The summed E-state index contributed by atoms with van der Waals surface area (Å²) in [6, 6.07) is 3.77. The fourth-order valence-electron chi connectivity index (χ4n) is 2.34. The number of rotatable bonds is 8. The Hall–Kier alpha value is -1.39. The molecule has 1 saturated heterocycles. The highest BCUT2D eigenvalue weighted by Crippen LogP contribution is 2.33. The number of hydrazone groups is 1. The third-order valence-corrected chi connectivity index (χ3v) is 4.38. The first-order chi connectivity index (χ1) is 12.1. The van der Waals surface area contributed by atoms with Gasteiger partial charge < -0.3 is 14.2 Å². The Balaban J connectivity index is 1.93. The molecule has 7 nitrogen and oxygen atoms in total. The van der Waals surface area contributed by atoms with E-state index in [1.165, 1.54) is 0 Å². The van der Waals surface area contributed by atoms with Gasteiger partial charge in [-0.25, -0.2) is 5.43 Å². The number of nitrogens with zero attached hydrogens (tertiary/aromatic N) is 2. The molecular formula is C17H24IN3O4. The molecule has 0 radical (unpaired) electrons. The first-order valence-electron chi connectivity index (χ1n) is 8.26. The number of halogens is 1. The van der Waals surface area contributed by atoms with Crippen molar-refractivity contribution in [3.05, 3.63) is 21.3 Å². The molecule has 1 N–H and O–H groups in total. The largest absolute Gasteiger partial charge is 0.493 e. The van der Waals surface area contributed by atoms with Crippen molar-refractivity contribution in [2.75, 3.05) is 46.6 Å². The predicted molar refractivity (Wildman–Crippen MR) is 104 cm³/mol. The molecule has 0 aromatic heterocycles. The number of amides is 1. The molecule has 1 aromatic rings. The van der Waals surface area contributed by atoms with Crippen molar-refractivity contribution in [3.63, 3.8) is 0 Å². The van der Waals surface area contributed by atoms with Crippen LogP contribution in [-0.4, -0.2) is 63.6 Å². The summed E-state index contributed by atoms with van der Waals surface area (Å²) in [5.41, 5.74) is 3.39. The fraction of sp³-hybridized carbons (Fsp3) is 0.529. The number of carbonyl (C=O) groups is 1. The second-order valence-electron chi connectivity index (χ2n) is 5.56. The van der Waals surface area contributed by atoms with Crippen LogP contribution in [0.1, 0.15) is 18.9 Å². The van der Waals surface area contributed by atoms with Crippen LogP contribution in [0.4, 0.5) is 0 Å². The number of nitrogens with one attached hydrogen (secondary N) is 1. The molecule has 1 amide bonds. The Bertz CT molecular complexity index is 604. The summed E-state index contributed by atoms with van der Waals surface area (Å²) >= 11 is 2.20. The van der Waals surface area contributed by atoms with Gasteiger partial charge in [0.15, 0.2) is 11.5 Å². The summed E-state index contributed by atoms with van der Waals surface area (Å²) < 4.78 is 17.3. The minimum Gasteiger partial charge on any atom is -0.493 e. The highest BCUT2D eigenvalue weighted by atomic mass is 127. The lowest BCUT2D eigenvalue weighted by atomic mass is 10.2. The van der Waals surface area contributed by atoms with Gasteiger partial charge in [0.2, 0.25) is 0 Å². The fourth-order valence-corrected chi connectivity index (χ4v) is 3.12. The van der Waals surface area contributed by atoms with Crippen LogP contribution in [0, 0.1) is 3.57 Å². The standard InChI is InChI=1S/C17H24IN3O4/c1-3-6-25-17-14(18)9-13(10-15(17)23-2)11-19-20-16(22)12-21-4-7-24-8-5-21/h9-11H,3-8,12H2,1-2H3,(H,20,22). The third kappa shape index (κ3) is 6.44. The summed E-state index contributed by atoms with van der Waals surface area (Å²) in [6.07, 6.45) is 2.53. The minimum atomic E-state index is -0.136. The van der Waals surface area contributed by atoms with E-state index in [-0.39, 0.29) is 5.91 Å². The number of benzene rings is 1. The van der Waals surface area contributed by atoms with Gasteiger partial charge in [-0.05, 0) is 46.7 Å². The third-order valence-electron chi connectivity index (χ3n) is 3.58. The van der Waals surface area contributed by atoms with Gasteiger partial charge in [-0.15, -0.1) is 0 Å². The lowest BCUT2D eigenvalue weighted by Gasteiger charge is -2.25. The maximum Gasteiger partial charge on any atom is 0.254 e. The summed E-state index contributed by atoms with van der Waals surface area (Å²) in [6.45, 7) is 5.89. The van der Waals surface area contributed by atoms with Gasteiger partial charge in [-0.2, -0.15) is 5.10 Å². The highest BCUT2D eigenvalue weighted by molar-refractivity contribution is 14.1. The maximum absolute atomic E-state index is 11.9. The molecule has 1 aliphatic rings. The molecule has 0 saturated carbocycles. The van der Waals surface area contributed by atoms with E-state index in [0.29, 0.717) is 32.1 Å². The normalized spacial score (nSPS) is 15.3. The molecule has 1 aliphatic heterocycles. The van der Waals surface area contributed by atoms with E-state index in [9.17, 15) is 4.79 Å². The molecule has 0 atom stereocenters. The number of hydrogen-bond acceptors (Lipinski definition) is 6. The lowest BCUT2D eigenvalue weighted by molar-refractivity contribution is -0.123.